The van der Waals surface area contributed by atoms with E-state index in [1.165, 1.54) is 24.1 Å². The summed E-state index contributed by atoms with van der Waals surface area (Å²) in [5.41, 5.74) is 4.46. The molecule has 4 rings (SSSR count). The van der Waals surface area contributed by atoms with E-state index in [4.69, 9.17) is 5.11 Å². The fraction of sp³-hybridized carbons (Fsp3) is 0.233. The van der Waals surface area contributed by atoms with Gasteiger partial charge in [-0.05, 0) is 90.9 Å². The fourth-order valence-corrected chi connectivity index (χ4v) is 4.43. The highest BCUT2D eigenvalue weighted by molar-refractivity contribution is 7.80. The van der Waals surface area contributed by atoms with Gasteiger partial charge in [0.2, 0.25) is 0 Å². The monoisotopic (exact) mass is 565 g/mol. The van der Waals surface area contributed by atoms with Crippen molar-refractivity contribution in [3.8, 4) is 0 Å². The summed E-state index contributed by atoms with van der Waals surface area (Å²) in [6.07, 6.45) is 6.70. The van der Waals surface area contributed by atoms with E-state index in [9.17, 15) is 23.2 Å². The van der Waals surface area contributed by atoms with Gasteiger partial charge in [0, 0.05) is 21.8 Å². The molecule has 7 nitrogen and oxygen atoms in total. The molecule has 3 amide bonds. The number of anilines is 2. The predicted molar refractivity (Wildman–Crippen MR) is 153 cm³/mol. The summed E-state index contributed by atoms with van der Waals surface area (Å²) >= 11 is 4.28. The van der Waals surface area contributed by atoms with Crippen LogP contribution in [0.1, 0.15) is 47.2 Å². The maximum absolute atomic E-state index is 13.4. The molecule has 0 aromatic heterocycles. The topological polar surface area (TPSA) is 98.7 Å². The van der Waals surface area contributed by atoms with Crippen molar-refractivity contribution in [1.82, 2.24) is 5.32 Å². The van der Waals surface area contributed by atoms with E-state index in [2.05, 4.69) is 24.0 Å². The van der Waals surface area contributed by atoms with Crippen LogP contribution in [0.25, 0.3) is 5.57 Å². The van der Waals surface area contributed by atoms with Crippen molar-refractivity contribution in [2.75, 3.05) is 16.8 Å². The average Bonchev–Trinajstić information content (AvgIpc) is 2.96. The van der Waals surface area contributed by atoms with Gasteiger partial charge in [-0.3, -0.25) is 9.69 Å². The molecule has 0 spiro atoms. The Bertz CT molecular complexity index is 1390. The van der Waals surface area contributed by atoms with E-state index < -0.39 is 24.3 Å². The number of carboxylic acids is 1. The standard InChI is InChI=1S/C30H29F2N3O4S/c31-30(32,28(37)38)19-33-27(36)23-8-6-20(7-9-23)18-35(29(39)34-24-12-16-26(40)17-13-24)25-14-10-22(11-15-25)21-4-2-1-3-5-21/h4,6-17,40H,1-3,5,18-19H2,(H,33,36)(H,34,39)(H,37,38). The Labute approximate surface area is 236 Å². The van der Waals surface area contributed by atoms with E-state index in [0.717, 1.165) is 29.7 Å². The lowest BCUT2D eigenvalue weighted by atomic mass is 9.93. The number of hydrogen-bond acceptors (Lipinski definition) is 4. The highest BCUT2D eigenvalue weighted by Gasteiger charge is 2.39. The first-order valence-electron chi connectivity index (χ1n) is 12.8. The lowest BCUT2D eigenvalue weighted by Crippen LogP contribution is -2.42. The predicted octanol–water partition coefficient (Wildman–Crippen LogP) is 6.62. The van der Waals surface area contributed by atoms with Crippen LogP contribution in [0.3, 0.4) is 0 Å². The van der Waals surface area contributed by atoms with Crippen molar-refractivity contribution < 1.29 is 28.3 Å². The van der Waals surface area contributed by atoms with Gasteiger partial charge in [-0.2, -0.15) is 8.78 Å². The summed E-state index contributed by atoms with van der Waals surface area (Å²) in [4.78, 5) is 38.5. The normalized spacial score (nSPS) is 13.2. The molecule has 0 saturated heterocycles. The molecule has 0 fully saturated rings. The highest BCUT2D eigenvalue weighted by Crippen LogP contribution is 2.29. The van der Waals surface area contributed by atoms with Gasteiger partial charge >= 0.3 is 17.9 Å². The number of amides is 3. The second-order valence-corrected chi connectivity index (χ2v) is 9.99. The molecular formula is C30H29F2N3O4S. The van der Waals surface area contributed by atoms with Crippen LogP contribution in [0.2, 0.25) is 0 Å². The highest BCUT2D eigenvalue weighted by atomic mass is 32.1. The molecule has 0 atom stereocenters. The molecule has 0 aliphatic heterocycles. The minimum atomic E-state index is -4.07. The summed E-state index contributed by atoms with van der Waals surface area (Å²) in [6, 6.07) is 20.6. The molecule has 1 aliphatic carbocycles. The first-order chi connectivity index (χ1) is 19.1. The minimum absolute atomic E-state index is 0.0814. The number of benzene rings is 3. The van der Waals surface area contributed by atoms with Gasteiger partial charge in [0.15, 0.2) is 0 Å². The lowest BCUT2D eigenvalue weighted by Gasteiger charge is -2.24. The SMILES string of the molecule is O=C(NCC(F)(F)C(=O)O)c1ccc(CN(C(=O)Nc2ccc(S)cc2)c2ccc(C3=CCCCC3)cc2)cc1. The van der Waals surface area contributed by atoms with Crippen LogP contribution in [-0.2, 0) is 11.3 Å². The van der Waals surface area contributed by atoms with Crippen LogP contribution >= 0.6 is 12.6 Å². The zero-order chi connectivity index (χ0) is 28.7. The number of thiol groups is 1. The van der Waals surface area contributed by atoms with E-state index in [0.29, 0.717) is 16.9 Å². The maximum atomic E-state index is 13.4. The van der Waals surface area contributed by atoms with E-state index >= 15 is 0 Å². The number of carbonyl (C=O) groups excluding carboxylic acids is 2. The summed E-state index contributed by atoms with van der Waals surface area (Å²) in [7, 11) is 0. The van der Waals surface area contributed by atoms with Crippen molar-refractivity contribution in [3.05, 3.63) is 95.6 Å². The molecule has 0 radical (unpaired) electrons. The number of aliphatic carboxylic acids is 1. The third-order valence-electron chi connectivity index (χ3n) is 6.55. The van der Waals surface area contributed by atoms with Crippen molar-refractivity contribution in [2.45, 2.75) is 43.0 Å². The molecule has 3 aromatic rings. The average molecular weight is 566 g/mol. The largest absolute Gasteiger partial charge is 0.477 e. The second kappa shape index (κ2) is 12.8. The van der Waals surface area contributed by atoms with Crippen LogP contribution in [0.4, 0.5) is 25.0 Å². The van der Waals surface area contributed by atoms with E-state index in [1.54, 1.807) is 41.3 Å². The number of rotatable bonds is 9. The lowest BCUT2D eigenvalue weighted by molar-refractivity contribution is -0.163. The maximum Gasteiger partial charge on any atom is 0.376 e. The number of halogens is 2. The number of nitrogens with zero attached hydrogens (tertiary/aromatic N) is 1. The Balaban J connectivity index is 1.52. The van der Waals surface area contributed by atoms with Crippen molar-refractivity contribution in [3.63, 3.8) is 0 Å². The Hall–Kier alpha value is -4.18. The summed E-state index contributed by atoms with van der Waals surface area (Å²) in [6.45, 7) is -1.16. The van der Waals surface area contributed by atoms with Gasteiger partial charge in [0.1, 0.15) is 0 Å². The Kier molecular flexibility index (Phi) is 9.21. The molecule has 0 unspecified atom stereocenters. The number of carbonyl (C=O) groups is 3. The number of nitrogens with one attached hydrogen (secondary N) is 2. The zero-order valence-corrected chi connectivity index (χ0v) is 22.5. The second-order valence-electron chi connectivity index (χ2n) is 9.47. The van der Waals surface area contributed by atoms with Gasteiger partial charge in [-0.25, -0.2) is 9.59 Å². The third kappa shape index (κ3) is 7.47. The first-order valence-corrected chi connectivity index (χ1v) is 13.2. The van der Waals surface area contributed by atoms with Crippen molar-refractivity contribution >= 4 is 47.5 Å². The molecule has 40 heavy (non-hydrogen) atoms. The van der Waals surface area contributed by atoms with Crippen LogP contribution in [0, 0.1) is 0 Å². The Morgan fingerprint density at radius 1 is 0.925 bits per heavy atom. The minimum Gasteiger partial charge on any atom is -0.477 e. The van der Waals surface area contributed by atoms with Gasteiger partial charge in [-0.1, -0.05) is 30.3 Å². The Morgan fingerprint density at radius 3 is 2.20 bits per heavy atom. The molecule has 3 N–H and O–H groups in total. The smallest absolute Gasteiger partial charge is 0.376 e. The van der Waals surface area contributed by atoms with Gasteiger partial charge in [-0.15, -0.1) is 12.6 Å². The Morgan fingerprint density at radius 2 is 1.60 bits per heavy atom. The van der Waals surface area contributed by atoms with E-state index in [-0.39, 0.29) is 18.1 Å². The van der Waals surface area contributed by atoms with Gasteiger partial charge in [0.25, 0.3) is 5.91 Å². The summed E-state index contributed by atoms with van der Waals surface area (Å²) in [5, 5.41) is 13.4. The number of alkyl halides is 2. The molecular weight excluding hydrogens is 536 g/mol. The third-order valence-corrected chi connectivity index (χ3v) is 6.84. The fourth-order valence-electron chi connectivity index (χ4n) is 4.28. The summed E-state index contributed by atoms with van der Waals surface area (Å²) in [5.74, 6) is -7.21. The van der Waals surface area contributed by atoms with Crippen molar-refractivity contribution in [2.24, 2.45) is 0 Å². The molecule has 1 aliphatic rings. The molecule has 0 bridgehead atoms. The molecule has 208 valence electrons. The first kappa shape index (κ1) is 28.8. The number of allylic oxidation sites excluding steroid dienone is 2. The van der Waals surface area contributed by atoms with Crippen LogP contribution < -0.4 is 15.5 Å². The van der Waals surface area contributed by atoms with Crippen molar-refractivity contribution in [1.29, 1.82) is 0 Å². The number of urea groups is 1. The van der Waals surface area contributed by atoms with E-state index in [1.807, 2.05) is 29.6 Å². The quantitative estimate of drug-likeness (QED) is 0.219. The van der Waals surface area contributed by atoms with Crippen LogP contribution in [0.15, 0.2) is 83.8 Å². The molecule has 10 heteroatoms. The molecule has 0 heterocycles. The van der Waals surface area contributed by atoms with Crippen LogP contribution in [0.5, 0.6) is 0 Å². The molecule has 3 aromatic carbocycles. The number of carboxylic acid groups (broad SMARTS) is 1. The number of hydrogen-bond donors (Lipinski definition) is 4. The van der Waals surface area contributed by atoms with Gasteiger partial charge < -0.3 is 15.7 Å². The van der Waals surface area contributed by atoms with Gasteiger partial charge in [0.05, 0.1) is 13.1 Å². The van der Waals surface area contributed by atoms with Crippen LogP contribution in [-0.4, -0.2) is 35.5 Å². The zero-order valence-electron chi connectivity index (χ0n) is 21.6. The molecule has 0 saturated carbocycles. The summed E-state index contributed by atoms with van der Waals surface area (Å²) < 4.78 is 26.6.